The topological polar surface area (TPSA) is 26.8 Å². The fourth-order valence-electron chi connectivity index (χ4n) is 2.90. The van der Waals surface area contributed by atoms with E-state index in [1.165, 1.54) is 4.90 Å². The maximum atomic E-state index is 14.3. The maximum absolute atomic E-state index is 14.3. The number of hydrogen-bond acceptors (Lipinski definition) is 3. The highest BCUT2D eigenvalue weighted by Gasteiger charge is 2.52. The molecule has 1 heterocycles. The molecular weight excluding hydrogens is 348 g/mol. The molecule has 3 atom stereocenters. The zero-order valence-electron chi connectivity index (χ0n) is 12.3. The normalized spacial score (nSPS) is 27.4. The molecule has 0 radical (unpaired) electrons. The number of amides is 2. The number of carbonyl (C=O) groups excluding carboxylic acids is 1. The molecule has 2 amide bonds. The van der Waals surface area contributed by atoms with Gasteiger partial charge in [0.15, 0.2) is 4.96 Å². The van der Waals surface area contributed by atoms with Crippen LogP contribution in [0.2, 0.25) is 0 Å². The predicted molar refractivity (Wildman–Crippen MR) is 90.0 cm³/mol. The molecule has 3 unspecified atom stereocenters. The fraction of sp³-hybridized carbons (Fsp3) is 0.571. The van der Waals surface area contributed by atoms with Crippen molar-refractivity contribution in [3.8, 4) is 0 Å². The molecule has 0 spiro atoms. The first kappa shape index (κ1) is 17.7. The van der Waals surface area contributed by atoms with Gasteiger partial charge in [0.1, 0.15) is 6.17 Å². The number of thiocarbonyl (C=S) groups is 1. The molecule has 1 fully saturated rings. The number of nitrogens with zero attached hydrogens (tertiary/aromatic N) is 3. The van der Waals surface area contributed by atoms with Crippen molar-refractivity contribution in [3.63, 3.8) is 0 Å². The van der Waals surface area contributed by atoms with E-state index in [1.807, 2.05) is 13.8 Å². The number of rotatable bonds is 5. The van der Waals surface area contributed by atoms with Gasteiger partial charge < -0.3 is 0 Å². The van der Waals surface area contributed by atoms with Gasteiger partial charge in [-0.2, -0.15) is 0 Å². The molecule has 2 rings (SSSR count). The zero-order chi connectivity index (χ0) is 16.4. The minimum absolute atomic E-state index is 0.00370. The van der Waals surface area contributed by atoms with Crippen LogP contribution in [0.1, 0.15) is 26.7 Å². The van der Waals surface area contributed by atoms with E-state index in [2.05, 4.69) is 0 Å². The Morgan fingerprint density at radius 2 is 2.09 bits per heavy atom. The smallest absolute Gasteiger partial charge is 0.292 e. The van der Waals surface area contributed by atoms with E-state index in [0.717, 1.165) is 17.9 Å². The average Bonchev–Trinajstić information content (AvgIpc) is 2.72. The van der Waals surface area contributed by atoms with Crippen molar-refractivity contribution in [2.45, 2.75) is 43.9 Å². The first-order chi connectivity index (χ1) is 10.4. The van der Waals surface area contributed by atoms with Crippen LogP contribution in [0.5, 0.6) is 0 Å². The lowest BCUT2D eigenvalue weighted by atomic mass is 9.98. The van der Waals surface area contributed by atoms with E-state index < -0.39 is 23.2 Å². The van der Waals surface area contributed by atoms with Crippen LogP contribution in [0, 0.1) is 5.92 Å². The number of halogens is 3. The summed E-state index contributed by atoms with van der Waals surface area (Å²) < 4.78 is 14.3. The molecule has 0 saturated carbocycles. The largest absolute Gasteiger partial charge is 0.366 e. The highest BCUT2D eigenvalue weighted by atomic mass is 35.5. The summed E-state index contributed by atoms with van der Waals surface area (Å²) in [4.78, 5) is 13.2. The van der Waals surface area contributed by atoms with Gasteiger partial charge in [0, 0.05) is 4.86 Å². The van der Waals surface area contributed by atoms with Crippen LogP contribution < -0.4 is 0 Å². The van der Waals surface area contributed by atoms with Crippen LogP contribution >= 0.6 is 35.4 Å². The predicted octanol–water partition coefficient (Wildman–Crippen LogP) is 4.21. The van der Waals surface area contributed by atoms with Crippen molar-refractivity contribution in [2.24, 2.45) is 5.92 Å². The molecule has 0 aromatic heterocycles. The quantitative estimate of drug-likeness (QED) is 0.316. The molecule has 0 aromatic rings. The second kappa shape index (κ2) is 7.25. The van der Waals surface area contributed by atoms with E-state index in [0.29, 0.717) is 4.86 Å². The van der Waals surface area contributed by atoms with Crippen molar-refractivity contribution in [1.82, 2.24) is 15.1 Å². The summed E-state index contributed by atoms with van der Waals surface area (Å²) in [5.41, 5.74) is 0. The number of urea groups is 1. The van der Waals surface area contributed by atoms with E-state index >= 15 is 0 Å². The minimum Gasteiger partial charge on any atom is -0.292 e. The van der Waals surface area contributed by atoms with Gasteiger partial charge in [-0.05, 0) is 18.4 Å². The van der Waals surface area contributed by atoms with E-state index in [-0.39, 0.29) is 11.1 Å². The highest BCUT2D eigenvalue weighted by Crippen LogP contribution is 2.36. The molecule has 4 nitrogen and oxygen atoms in total. The molecule has 1 aliphatic carbocycles. The minimum atomic E-state index is -1.17. The average molecular weight is 366 g/mol. The monoisotopic (exact) mass is 365 g/mol. The van der Waals surface area contributed by atoms with E-state index in [9.17, 15) is 9.28 Å². The van der Waals surface area contributed by atoms with Crippen molar-refractivity contribution >= 4 is 46.3 Å². The Labute approximate surface area is 145 Å². The second-order valence-electron chi connectivity index (χ2n) is 5.38. The van der Waals surface area contributed by atoms with Gasteiger partial charge in [-0.25, -0.2) is 4.79 Å². The van der Waals surface area contributed by atoms with Gasteiger partial charge in [0.05, 0.1) is 6.04 Å². The molecule has 0 N–H and O–H groups in total. The lowest BCUT2D eigenvalue weighted by molar-refractivity contribution is -0.126. The van der Waals surface area contributed by atoms with Crippen molar-refractivity contribution in [3.05, 3.63) is 24.3 Å². The van der Waals surface area contributed by atoms with Crippen molar-refractivity contribution < 1.29 is 9.28 Å². The number of alkyl halides is 2. The summed E-state index contributed by atoms with van der Waals surface area (Å²) in [6.07, 6.45) is 8.22. The molecule has 0 aromatic carbocycles. The summed E-state index contributed by atoms with van der Waals surface area (Å²) in [7, 11) is 0. The molecule has 8 heteroatoms. The van der Waals surface area contributed by atoms with Crippen LogP contribution in [0.15, 0.2) is 24.3 Å². The third-order valence-electron chi connectivity index (χ3n) is 3.85. The van der Waals surface area contributed by atoms with Gasteiger partial charge in [0.25, 0.3) is 0 Å². The molecule has 1 aliphatic heterocycles. The summed E-state index contributed by atoms with van der Waals surface area (Å²) in [6.45, 7) is 3.98. The number of carbonyl (C=O) groups is 1. The number of allylic oxidation sites excluding steroid dienone is 2. The van der Waals surface area contributed by atoms with Crippen LogP contribution in [-0.4, -0.2) is 43.2 Å². The van der Waals surface area contributed by atoms with Gasteiger partial charge in [-0.1, -0.05) is 83.6 Å². The Balaban J connectivity index is 2.39. The number of hydrogen-bond donors (Lipinski definition) is 0. The third-order valence-corrected chi connectivity index (χ3v) is 4.62. The van der Waals surface area contributed by atoms with Crippen molar-refractivity contribution in [2.75, 3.05) is 0 Å². The Morgan fingerprint density at radius 3 is 2.64 bits per heavy atom. The molecule has 1 saturated heterocycles. The molecule has 122 valence electrons. The summed E-state index contributed by atoms with van der Waals surface area (Å²) in [5, 5.41) is 1.05. The van der Waals surface area contributed by atoms with Crippen LogP contribution in [-0.2, 0) is 0 Å². The maximum Gasteiger partial charge on any atom is 0.366 e. The van der Waals surface area contributed by atoms with Crippen LogP contribution in [0.25, 0.3) is 0 Å². The molecular formula is C14H18Cl2FN3OS. The first-order valence-electron chi connectivity index (χ1n) is 7.13. The zero-order valence-corrected chi connectivity index (χ0v) is 14.7. The van der Waals surface area contributed by atoms with Gasteiger partial charge in [-0.3, -0.25) is 4.90 Å². The van der Waals surface area contributed by atoms with Gasteiger partial charge >= 0.3 is 6.03 Å². The van der Waals surface area contributed by atoms with Gasteiger partial charge in [-0.15, -0.1) is 5.01 Å². The van der Waals surface area contributed by atoms with E-state index in [4.69, 9.17) is 35.4 Å². The SMILES string of the molecule is CCCC(C)C1N(C2C=CC=CC2=S)C(=O)N(F)N1C(Cl)Cl. The summed E-state index contributed by atoms with van der Waals surface area (Å²) >= 11 is 17.1. The Kier molecular flexibility index (Phi) is 5.82. The van der Waals surface area contributed by atoms with E-state index in [1.54, 1.807) is 24.3 Å². The molecule has 22 heavy (non-hydrogen) atoms. The standard InChI is InChI=1S/C14H18Cl2FN3OS/c1-3-6-9(2)12-18(10-7-4-5-8-11(10)22)14(21)20(17)19(12)13(15)16/h4-5,7-10,12-13H,3,6H2,1-2H3. The van der Waals surface area contributed by atoms with Crippen LogP contribution in [0.3, 0.4) is 0 Å². The third kappa shape index (κ3) is 3.15. The van der Waals surface area contributed by atoms with Crippen molar-refractivity contribution in [1.29, 1.82) is 0 Å². The number of hydrazine groups is 1. The summed E-state index contributed by atoms with van der Waals surface area (Å²) in [5.74, 6) is -0.0168. The lowest BCUT2D eigenvalue weighted by Crippen LogP contribution is -2.51. The first-order valence-corrected chi connectivity index (χ1v) is 8.41. The Morgan fingerprint density at radius 1 is 1.41 bits per heavy atom. The second-order valence-corrected chi connectivity index (χ2v) is 6.90. The highest BCUT2D eigenvalue weighted by molar-refractivity contribution is 7.80. The van der Waals surface area contributed by atoms with Gasteiger partial charge in [0.2, 0.25) is 0 Å². The van der Waals surface area contributed by atoms with Crippen LogP contribution in [0.4, 0.5) is 9.28 Å². The lowest BCUT2D eigenvalue weighted by Gasteiger charge is -2.36. The summed E-state index contributed by atoms with van der Waals surface area (Å²) in [6, 6.07) is -1.28. The fourth-order valence-corrected chi connectivity index (χ4v) is 3.55. The molecule has 0 bridgehead atoms. The Hall–Kier alpha value is -0.690. The Bertz CT molecular complexity index is 514. The molecule has 2 aliphatic rings.